The summed E-state index contributed by atoms with van der Waals surface area (Å²) in [6.45, 7) is 1.21. The predicted octanol–water partition coefficient (Wildman–Crippen LogP) is 6.87. The summed E-state index contributed by atoms with van der Waals surface area (Å²) >= 11 is 1.73. The number of ether oxygens (including phenoxy) is 2. The standard InChI is InChI=1S/C27H26F2O3S/c1-26(28,29)21-7-3-19(4-8-21)17-32-23-11-5-20(6-12-23)18-33-24-13-9-22(10-14-24)27(15-16-27)25(30)31-2/h3-14H,15-18H2,1-2H3. The molecule has 0 bridgehead atoms. The Morgan fingerprint density at radius 2 is 1.55 bits per heavy atom. The molecule has 0 spiro atoms. The summed E-state index contributed by atoms with van der Waals surface area (Å²) < 4.78 is 37.3. The zero-order valence-corrected chi connectivity index (χ0v) is 19.5. The maximum absolute atomic E-state index is 13.3. The van der Waals surface area contributed by atoms with Crippen LogP contribution in [0.15, 0.2) is 77.7 Å². The molecule has 0 aliphatic heterocycles. The van der Waals surface area contributed by atoms with Gasteiger partial charge < -0.3 is 9.47 Å². The minimum atomic E-state index is -2.84. The van der Waals surface area contributed by atoms with Gasteiger partial charge in [-0.15, -0.1) is 11.8 Å². The first kappa shape index (κ1) is 23.3. The molecule has 0 N–H and O–H groups in total. The quantitative estimate of drug-likeness (QED) is 0.253. The molecule has 1 aliphatic carbocycles. The van der Waals surface area contributed by atoms with Crippen LogP contribution in [-0.2, 0) is 33.2 Å². The Morgan fingerprint density at radius 1 is 0.939 bits per heavy atom. The lowest BCUT2D eigenvalue weighted by Gasteiger charge is -2.13. The molecule has 6 heteroatoms. The van der Waals surface area contributed by atoms with Gasteiger partial charge in [0.2, 0.25) is 0 Å². The molecule has 0 unspecified atom stereocenters. The van der Waals surface area contributed by atoms with E-state index in [4.69, 9.17) is 9.47 Å². The third-order valence-electron chi connectivity index (χ3n) is 5.93. The van der Waals surface area contributed by atoms with E-state index in [1.807, 2.05) is 36.4 Å². The van der Waals surface area contributed by atoms with E-state index in [1.54, 1.807) is 23.9 Å². The van der Waals surface area contributed by atoms with Crippen LogP contribution in [-0.4, -0.2) is 13.1 Å². The minimum Gasteiger partial charge on any atom is -0.489 e. The van der Waals surface area contributed by atoms with Gasteiger partial charge in [0.15, 0.2) is 0 Å². The molecule has 0 atom stereocenters. The van der Waals surface area contributed by atoms with Crippen molar-refractivity contribution in [2.24, 2.45) is 0 Å². The molecule has 4 rings (SSSR count). The SMILES string of the molecule is COC(=O)C1(c2ccc(SCc3ccc(OCc4ccc(C(C)(F)F)cc4)cc3)cc2)CC1. The first-order valence-corrected chi connectivity index (χ1v) is 11.8. The van der Waals surface area contributed by atoms with Crippen LogP contribution in [0.5, 0.6) is 5.75 Å². The second-order valence-corrected chi connectivity index (χ2v) is 9.45. The fourth-order valence-electron chi connectivity index (χ4n) is 3.71. The van der Waals surface area contributed by atoms with Crippen LogP contribution < -0.4 is 4.74 Å². The highest BCUT2D eigenvalue weighted by atomic mass is 32.2. The van der Waals surface area contributed by atoms with Crippen molar-refractivity contribution in [2.75, 3.05) is 7.11 Å². The number of rotatable bonds is 9. The van der Waals surface area contributed by atoms with Gasteiger partial charge in [0.05, 0.1) is 12.5 Å². The van der Waals surface area contributed by atoms with Gasteiger partial charge in [0, 0.05) is 23.1 Å². The van der Waals surface area contributed by atoms with Gasteiger partial charge in [-0.05, 0) is 53.8 Å². The maximum atomic E-state index is 13.3. The van der Waals surface area contributed by atoms with Crippen molar-refractivity contribution in [2.45, 2.75) is 48.4 Å². The first-order valence-electron chi connectivity index (χ1n) is 10.8. The van der Waals surface area contributed by atoms with Gasteiger partial charge in [0.25, 0.3) is 5.92 Å². The van der Waals surface area contributed by atoms with Crippen molar-refractivity contribution in [1.29, 1.82) is 0 Å². The largest absolute Gasteiger partial charge is 0.489 e. The van der Waals surface area contributed by atoms with Gasteiger partial charge in [-0.25, -0.2) is 8.78 Å². The molecular formula is C27H26F2O3S. The molecule has 3 aromatic carbocycles. The topological polar surface area (TPSA) is 35.5 Å². The lowest BCUT2D eigenvalue weighted by molar-refractivity contribution is -0.143. The monoisotopic (exact) mass is 468 g/mol. The molecular weight excluding hydrogens is 442 g/mol. The zero-order valence-electron chi connectivity index (χ0n) is 18.6. The van der Waals surface area contributed by atoms with E-state index in [0.717, 1.165) is 47.3 Å². The van der Waals surface area contributed by atoms with Crippen molar-refractivity contribution < 1.29 is 23.0 Å². The summed E-state index contributed by atoms with van der Waals surface area (Å²) in [5.41, 5.74) is 2.60. The van der Waals surface area contributed by atoms with Crippen LogP contribution in [0.1, 0.15) is 42.0 Å². The molecule has 0 amide bonds. The van der Waals surface area contributed by atoms with Crippen molar-refractivity contribution in [3.63, 3.8) is 0 Å². The summed E-state index contributed by atoms with van der Waals surface area (Å²) in [6, 6.07) is 22.2. The Balaban J connectivity index is 1.27. The van der Waals surface area contributed by atoms with Gasteiger partial charge in [0.1, 0.15) is 12.4 Å². The van der Waals surface area contributed by atoms with E-state index in [9.17, 15) is 13.6 Å². The second kappa shape index (κ2) is 9.56. The fraction of sp³-hybridized carbons (Fsp3) is 0.296. The van der Waals surface area contributed by atoms with Crippen LogP contribution in [0.3, 0.4) is 0 Å². The van der Waals surface area contributed by atoms with Crippen molar-refractivity contribution in [3.8, 4) is 5.75 Å². The Morgan fingerprint density at radius 3 is 2.09 bits per heavy atom. The van der Waals surface area contributed by atoms with Crippen LogP contribution in [0.4, 0.5) is 8.78 Å². The highest BCUT2D eigenvalue weighted by Crippen LogP contribution is 2.49. The molecule has 1 fully saturated rings. The second-order valence-electron chi connectivity index (χ2n) is 8.40. The lowest BCUT2D eigenvalue weighted by atomic mass is 9.96. The van der Waals surface area contributed by atoms with Crippen LogP contribution in [0.25, 0.3) is 0 Å². The number of carbonyl (C=O) groups excluding carboxylic acids is 1. The Bertz CT molecular complexity index is 1080. The molecule has 1 aliphatic rings. The minimum absolute atomic E-state index is 0.00162. The normalized spacial score (nSPS) is 14.5. The molecule has 3 nitrogen and oxygen atoms in total. The fourth-order valence-corrected chi connectivity index (χ4v) is 4.56. The smallest absolute Gasteiger partial charge is 0.316 e. The molecule has 0 saturated heterocycles. The highest BCUT2D eigenvalue weighted by molar-refractivity contribution is 7.98. The van der Waals surface area contributed by atoms with E-state index in [-0.39, 0.29) is 11.5 Å². The number of esters is 1. The van der Waals surface area contributed by atoms with Crippen LogP contribution in [0, 0.1) is 0 Å². The van der Waals surface area contributed by atoms with Crippen LogP contribution in [0.2, 0.25) is 0 Å². The van der Waals surface area contributed by atoms with Crippen molar-refractivity contribution in [1.82, 2.24) is 0 Å². The Hall–Kier alpha value is -2.86. The average molecular weight is 469 g/mol. The molecule has 33 heavy (non-hydrogen) atoms. The van der Waals surface area contributed by atoms with Gasteiger partial charge in [-0.2, -0.15) is 0 Å². The predicted molar refractivity (Wildman–Crippen MR) is 126 cm³/mol. The van der Waals surface area contributed by atoms with E-state index in [0.29, 0.717) is 6.61 Å². The lowest BCUT2D eigenvalue weighted by Crippen LogP contribution is -2.21. The number of alkyl halides is 2. The number of halogens is 2. The van der Waals surface area contributed by atoms with Crippen LogP contribution >= 0.6 is 11.8 Å². The van der Waals surface area contributed by atoms with E-state index >= 15 is 0 Å². The maximum Gasteiger partial charge on any atom is 0.316 e. The number of methoxy groups -OCH3 is 1. The molecule has 3 aromatic rings. The summed E-state index contributed by atoms with van der Waals surface area (Å²) in [5.74, 6) is -1.44. The van der Waals surface area contributed by atoms with E-state index in [1.165, 1.54) is 24.8 Å². The van der Waals surface area contributed by atoms with Gasteiger partial charge >= 0.3 is 5.97 Å². The molecule has 1 saturated carbocycles. The van der Waals surface area contributed by atoms with Crippen molar-refractivity contribution >= 4 is 17.7 Å². The highest BCUT2D eigenvalue weighted by Gasteiger charge is 2.52. The van der Waals surface area contributed by atoms with Gasteiger partial charge in [-0.1, -0.05) is 48.5 Å². The Kier molecular flexibility index (Phi) is 6.75. The molecule has 0 heterocycles. The summed E-state index contributed by atoms with van der Waals surface area (Å²) in [5, 5.41) is 0. The number of carbonyl (C=O) groups is 1. The van der Waals surface area contributed by atoms with Crippen molar-refractivity contribution in [3.05, 3.63) is 95.1 Å². The number of hydrogen-bond donors (Lipinski definition) is 0. The molecule has 0 radical (unpaired) electrons. The molecule has 172 valence electrons. The third kappa shape index (κ3) is 5.56. The summed E-state index contributed by atoms with van der Waals surface area (Å²) in [7, 11) is 1.44. The van der Waals surface area contributed by atoms with E-state index < -0.39 is 11.3 Å². The number of benzene rings is 3. The van der Waals surface area contributed by atoms with E-state index in [2.05, 4.69) is 12.1 Å². The third-order valence-corrected chi connectivity index (χ3v) is 7.01. The zero-order chi connectivity index (χ0) is 23.5. The van der Waals surface area contributed by atoms with Gasteiger partial charge in [-0.3, -0.25) is 4.79 Å². The first-order chi connectivity index (χ1) is 15.8. The number of hydrogen-bond acceptors (Lipinski definition) is 4. The summed E-state index contributed by atoms with van der Waals surface area (Å²) in [6.07, 6.45) is 1.70. The average Bonchev–Trinajstić information content (AvgIpc) is 3.64. The summed E-state index contributed by atoms with van der Waals surface area (Å²) in [4.78, 5) is 13.2. The number of thioether (sulfide) groups is 1. The molecule has 0 aromatic heterocycles. The Labute approximate surface area is 197 Å².